The average molecular weight is 405 g/mol. The normalized spacial score (nSPS) is 18.0. The molecule has 1 aliphatic heterocycles. The van der Waals surface area contributed by atoms with Gasteiger partial charge in [-0.15, -0.1) is 24.0 Å². The van der Waals surface area contributed by atoms with Gasteiger partial charge in [0.25, 0.3) is 0 Å². The molecular weight excluding hydrogens is 381 g/mol. The van der Waals surface area contributed by atoms with E-state index in [2.05, 4.69) is 15.6 Å². The highest BCUT2D eigenvalue weighted by atomic mass is 127. The molecule has 0 radical (unpaired) electrons. The highest BCUT2D eigenvalue weighted by Gasteiger charge is 2.15. The van der Waals surface area contributed by atoms with Crippen LogP contribution in [0.5, 0.6) is 5.75 Å². The zero-order valence-corrected chi connectivity index (χ0v) is 14.9. The van der Waals surface area contributed by atoms with E-state index in [9.17, 15) is 0 Å². The van der Waals surface area contributed by atoms with Gasteiger partial charge in [-0.3, -0.25) is 4.99 Å². The van der Waals surface area contributed by atoms with Crippen molar-refractivity contribution in [1.29, 1.82) is 0 Å². The number of nitrogens with one attached hydrogen (secondary N) is 2. The summed E-state index contributed by atoms with van der Waals surface area (Å²) in [6, 6.07) is 7.97. The van der Waals surface area contributed by atoms with Crippen molar-refractivity contribution in [3.8, 4) is 5.75 Å². The largest absolute Gasteiger partial charge is 0.496 e. The van der Waals surface area contributed by atoms with Crippen molar-refractivity contribution < 1.29 is 9.47 Å². The first-order valence-electron chi connectivity index (χ1n) is 7.01. The molecule has 0 saturated carbocycles. The molecule has 6 heteroatoms. The smallest absolute Gasteiger partial charge is 0.191 e. The number of aliphatic imine (C=N–C) groups is 1. The van der Waals surface area contributed by atoms with Crippen molar-refractivity contribution in [2.45, 2.75) is 25.5 Å². The molecule has 1 saturated heterocycles. The van der Waals surface area contributed by atoms with Gasteiger partial charge in [-0.1, -0.05) is 18.2 Å². The standard InChI is InChI=1S/C15H23N3O2.HI/c1-16-15(18-11-13-7-5-9-20-13)17-10-12-6-3-4-8-14(12)19-2;/h3-4,6,8,13H,5,7,9-11H2,1-2H3,(H2,16,17,18);1H. The molecule has 21 heavy (non-hydrogen) atoms. The molecule has 1 unspecified atom stereocenters. The third-order valence-corrected chi connectivity index (χ3v) is 3.38. The van der Waals surface area contributed by atoms with Crippen molar-refractivity contribution in [3.05, 3.63) is 29.8 Å². The minimum atomic E-state index is 0. The topological polar surface area (TPSA) is 54.9 Å². The van der Waals surface area contributed by atoms with Gasteiger partial charge in [-0.25, -0.2) is 0 Å². The first-order chi connectivity index (χ1) is 9.83. The Bertz CT molecular complexity index is 448. The third-order valence-electron chi connectivity index (χ3n) is 3.38. The molecule has 1 aromatic rings. The predicted molar refractivity (Wildman–Crippen MR) is 95.6 cm³/mol. The monoisotopic (exact) mass is 405 g/mol. The lowest BCUT2D eigenvalue weighted by atomic mass is 10.2. The van der Waals surface area contributed by atoms with Gasteiger partial charge in [0.1, 0.15) is 5.75 Å². The summed E-state index contributed by atoms with van der Waals surface area (Å²) in [5.41, 5.74) is 1.11. The van der Waals surface area contributed by atoms with Crippen LogP contribution in [0.4, 0.5) is 0 Å². The van der Waals surface area contributed by atoms with Gasteiger partial charge >= 0.3 is 0 Å². The summed E-state index contributed by atoms with van der Waals surface area (Å²) in [5.74, 6) is 1.67. The Morgan fingerprint density at radius 3 is 2.86 bits per heavy atom. The molecule has 1 aromatic carbocycles. The number of rotatable bonds is 5. The molecular formula is C15H24IN3O2. The van der Waals surface area contributed by atoms with Crippen LogP contribution in [0.3, 0.4) is 0 Å². The molecule has 2 N–H and O–H groups in total. The number of benzene rings is 1. The summed E-state index contributed by atoms with van der Waals surface area (Å²) in [4.78, 5) is 4.22. The van der Waals surface area contributed by atoms with Gasteiger partial charge in [0.15, 0.2) is 5.96 Å². The maximum Gasteiger partial charge on any atom is 0.191 e. The summed E-state index contributed by atoms with van der Waals surface area (Å²) < 4.78 is 10.9. The summed E-state index contributed by atoms with van der Waals surface area (Å²) in [6.07, 6.45) is 2.58. The number of hydrogen-bond acceptors (Lipinski definition) is 3. The van der Waals surface area contributed by atoms with E-state index < -0.39 is 0 Å². The van der Waals surface area contributed by atoms with E-state index in [1.807, 2.05) is 24.3 Å². The van der Waals surface area contributed by atoms with E-state index in [0.29, 0.717) is 12.6 Å². The molecule has 1 aliphatic rings. The van der Waals surface area contributed by atoms with Crippen LogP contribution >= 0.6 is 24.0 Å². The van der Waals surface area contributed by atoms with E-state index in [1.54, 1.807) is 14.2 Å². The van der Waals surface area contributed by atoms with Crippen LogP contribution in [0.1, 0.15) is 18.4 Å². The summed E-state index contributed by atoms with van der Waals surface area (Å²) in [5, 5.41) is 6.58. The zero-order chi connectivity index (χ0) is 14.2. The Morgan fingerprint density at radius 2 is 2.19 bits per heavy atom. The lowest BCUT2D eigenvalue weighted by Gasteiger charge is -2.16. The number of para-hydroxylation sites is 1. The lowest BCUT2D eigenvalue weighted by molar-refractivity contribution is 0.114. The molecule has 1 fully saturated rings. The lowest BCUT2D eigenvalue weighted by Crippen LogP contribution is -2.40. The number of ether oxygens (including phenoxy) is 2. The van der Waals surface area contributed by atoms with E-state index in [0.717, 1.165) is 43.3 Å². The fourth-order valence-electron chi connectivity index (χ4n) is 2.26. The fourth-order valence-corrected chi connectivity index (χ4v) is 2.26. The Balaban J connectivity index is 0.00000220. The van der Waals surface area contributed by atoms with E-state index in [4.69, 9.17) is 9.47 Å². The number of halogens is 1. The number of methoxy groups -OCH3 is 1. The molecule has 0 bridgehead atoms. The van der Waals surface area contributed by atoms with E-state index in [-0.39, 0.29) is 24.0 Å². The van der Waals surface area contributed by atoms with Gasteiger partial charge in [0.2, 0.25) is 0 Å². The zero-order valence-electron chi connectivity index (χ0n) is 12.6. The van der Waals surface area contributed by atoms with Gasteiger partial charge in [0.05, 0.1) is 13.2 Å². The van der Waals surface area contributed by atoms with Crippen LogP contribution in [-0.2, 0) is 11.3 Å². The molecule has 1 heterocycles. The van der Waals surface area contributed by atoms with Crippen LogP contribution in [0.15, 0.2) is 29.3 Å². The Labute approximate surface area is 143 Å². The van der Waals surface area contributed by atoms with Crippen molar-refractivity contribution in [1.82, 2.24) is 10.6 Å². The van der Waals surface area contributed by atoms with Gasteiger partial charge < -0.3 is 20.1 Å². The summed E-state index contributed by atoms with van der Waals surface area (Å²) in [7, 11) is 3.45. The number of guanidine groups is 1. The third kappa shape index (κ3) is 5.70. The molecule has 2 rings (SSSR count). The molecule has 0 aliphatic carbocycles. The summed E-state index contributed by atoms with van der Waals surface area (Å²) in [6.45, 7) is 2.35. The Hall–Kier alpha value is -1.02. The quantitative estimate of drug-likeness (QED) is 0.448. The van der Waals surface area contributed by atoms with Crippen molar-refractivity contribution in [3.63, 3.8) is 0 Å². The summed E-state index contributed by atoms with van der Waals surface area (Å²) >= 11 is 0. The predicted octanol–water partition coefficient (Wildman–Crippen LogP) is 2.16. The van der Waals surface area contributed by atoms with Crippen LogP contribution in [0, 0.1) is 0 Å². The minimum Gasteiger partial charge on any atom is -0.496 e. The molecule has 1 atom stereocenters. The maximum absolute atomic E-state index is 5.58. The van der Waals surface area contributed by atoms with Gasteiger partial charge in [-0.05, 0) is 18.9 Å². The molecule has 0 amide bonds. The van der Waals surface area contributed by atoms with Gasteiger partial charge in [0, 0.05) is 32.3 Å². The molecule has 5 nitrogen and oxygen atoms in total. The Kier molecular flexibility index (Phi) is 8.44. The van der Waals surface area contributed by atoms with Crippen LogP contribution in [0.2, 0.25) is 0 Å². The second-order valence-corrected chi connectivity index (χ2v) is 4.75. The highest BCUT2D eigenvalue weighted by molar-refractivity contribution is 14.0. The van der Waals surface area contributed by atoms with Crippen LogP contribution < -0.4 is 15.4 Å². The highest BCUT2D eigenvalue weighted by Crippen LogP contribution is 2.16. The average Bonchev–Trinajstić information content (AvgIpc) is 3.01. The van der Waals surface area contributed by atoms with E-state index in [1.165, 1.54) is 0 Å². The Morgan fingerprint density at radius 1 is 1.38 bits per heavy atom. The van der Waals surface area contributed by atoms with Crippen molar-refractivity contribution in [2.75, 3.05) is 27.3 Å². The number of nitrogens with zero attached hydrogens (tertiary/aromatic N) is 1. The van der Waals surface area contributed by atoms with Crippen molar-refractivity contribution in [2.24, 2.45) is 4.99 Å². The van der Waals surface area contributed by atoms with Crippen LogP contribution in [-0.4, -0.2) is 39.4 Å². The van der Waals surface area contributed by atoms with Crippen LogP contribution in [0.25, 0.3) is 0 Å². The minimum absolute atomic E-state index is 0. The second-order valence-electron chi connectivity index (χ2n) is 4.75. The maximum atomic E-state index is 5.58. The van der Waals surface area contributed by atoms with Crippen molar-refractivity contribution >= 4 is 29.9 Å². The first-order valence-corrected chi connectivity index (χ1v) is 7.01. The molecule has 0 aromatic heterocycles. The second kappa shape index (κ2) is 9.83. The first kappa shape index (κ1) is 18.0. The fraction of sp³-hybridized carbons (Fsp3) is 0.533. The number of hydrogen-bond donors (Lipinski definition) is 2. The SMILES string of the molecule is CN=C(NCc1ccccc1OC)NCC1CCCO1.I. The molecule has 0 spiro atoms. The van der Waals surface area contributed by atoms with Gasteiger partial charge in [-0.2, -0.15) is 0 Å². The molecule has 118 valence electrons. The van der Waals surface area contributed by atoms with E-state index >= 15 is 0 Å².